The summed E-state index contributed by atoms with van der Waals surface area (Å²) in [5, 5.41) is 1.72. The Morgan fingerprint density at radius 2 is 1.26 bits per heavy atom. The minimum Gasteiger partial charge on any atom is -0.317 e. The number of benzene rings is 2. The molecule has 0 spiro atoms. The first-order chi connectivity index (χ1) is 10.7. The van der Waals surface area contributed by atoms with Gasteiger partial charge in [0.1, 0.15) is 5.69 Å². The zero-order valence-corrected chi connectivity index (χ0v) is 12.2. The van der Waals surface area contributed by atoms with Crippen molar-refractivity contribution in [3.05, 3.63) is 64.5 Å². The number of carbonyl (C=O) groups excluding carboxylic acids is 1. The Morgan fingerprint density at radius 1 is 0.826 bits per heavy atom. The smallest absolute Gasteiger partial charge is 0.255 e. The maximum Gasteiger partial charge on any atom is 0.255 e. The first-order valence-corrected chi connectivity index (χ1v) is 6.66. The molecule has 2 rings (SSSR count). The lowest BCUT2D eigenvalue weighted by Gasteiger charge is -2.11. The molecule has 0 bridgehead atoms. The van der Waals surface area contributed by atoms with Crippen LogP contribution in [-0.2, 0) is 0 Å². The molecule has 1 amide bonds. The first kappa shape index (κ1) is 16.9. The van der Waals surface area contributed by atoms with Gasteiger partial charge in [0.15, 0.2) is 23.3 Å². The summed E-state index contributed by atoms with van der Waals surface area (Å²) in [5.41, 5.74) is -0.421. The number of amides is 1. The molecule has 2 aromatic carbocycles. The number of rotatable bonds is 3. The van der Waals surface area contributed by atoms with Crippen LogP contribution in [0.4, 0.5) is 27.6 Å². The topological polar surface area (TPSA) is 29.1 Å². The highest BCUT2D eigenvalue weighted by molar-refractivity contribution is 6.04. The summed E-state index contributed by atoms with van der Waals surface area (Å²) in [6, 6.07) is 6.07. The van der Waals surface area contributed by atoms with Crippen LogP contribution in [0.5, 0.6) is 0 Å². The van der Waals surface area contributed by atoms with E-state index in [0.717, 1.165) is 5.56 Å². The average Bonchev–Trinajstić information content (AvgIpc) is 2.55. The lowest BCUT2D eigenvalue weighted by molar-refractivity contribution is 0.102. The van der Waals surface area contributed by atoms with Crippen LogP contribution in [0.25, 0.3) is 0 Å². The number of carbonyl (C=O) groups is 1. The van der Waals surface area contributed by atoms with Crippen LogP contribution in [0.2, 0.25) is 0 Å². The van der Waals surface area contributed by atoms with Crippen LogP contribution >= 0.6 is 0 Å². The molecule has 0 aromatic heterocycles. The maximum atomic E-state index is 13.5. The van der Waals surface area contributed by atoms with Crippen molar-refractivity contribution in [2.75, 3.05) is 5.32 Å². The fourth-order valence-electron chi connectivity index (χ4n) is 1.92. The molecular formula is C16H12F5NO. The first-order valence-electron chi connectivity index (χ1n) is 6.66. The Labute approximate surface area is 128 Å². The Kier molecular flexibility index (Phi) is 4.68. The highest BCUT2D eigenvalue weighted by Gasteiger charge is 2.27. The van der Waals surface area contributed by atoms with Crippen LogP contribution in [-0.4, -0.2) is 5.91 Å². The highest BCUT2D eigenvalue weighted by Crippen LogP contribution is 2.27. The summed E-state index contributed by atoms with van der Waals surface area (Å²) >= 11 is 0. The van der Waals surface area contributed by atoms with Crippen molar-refractivity contribution < 1.29 is 26.7 Å². The molecule has 0 aliphatic rings. The lowest BCUT2D eigenvalue weighted by atomic mass is 10.0. The van der Waals surface area contributed by atoms with Crippen LogP contribution in [0, 0.1) is 29.1 Å². The SMILES string of the molecule is CC(C)c1ccc(C(=O)Nc2c(F)c(F)c(F)c(F)c2F)cc1. The zero-order chi connectivity index (χ0) is 17.3. The molecule has 2 nitrogen and oxygen atoms in total. The van der Waals surface area contributed by atoms with Gasteiger partial charge in [-0.15, -0.1) is 0 Å². The monoisotopic (exact) mass is 329 g/mol. The third-order valence-corrected chi connectivity index (χ3v) is 3.29. The predicted molar refractivity (Wildman–Crippen MR) is 74.7 cm³/mol. The van der Waals surface area contributed by atoms with Crippen LogP contribution in [0.1, 0.15) is 35.7 Å². The number of nitrogens with one attached hydrogen (secondary N) is 1. The van der Waals surface area contributed by atoms with Gasteiger partial charge in [0.25, 0.3) is 5.91 Å². The van der Waals surface area contributed by atoms with E-state index >= 15 is 0 Å². The van der Waals surface area contributed by atoms with Gasteiger partial charge in [0, 0.05) is 5.56 Å². The van der Waals surface area contributed by atoms with Gasteiger partial charge >= 0.3 is 0 Å². The van der Waals surface area contributed by atoms with Gasteiger partial charge in [-0.3, -0.25) is 4.79 Å². The quantitative estimate of drug-likeness (QED) is 0.491. The summed E-state index contributed by atoms with van der Waals surface area (Å²) in [7, 11) is 0. The van der Waals surface area contributed by atoms with Crippen molar-refractivity contribution in [2.24, 2.45) is 0 Å². The number of hydrogen-bond donors (Lipinski definition) is 1. The van der Waals surface area contributed by atoms with E-state index in [4.69, 9.17) is 0 Å². The molecule has 23 heavy (non-hydrogen) atoms. The third kappa shape index (κ3) is 3.18. The molecule has 0 aliphatic carbocycles. The van der Waals surface area contributed by atoms with Gasteiger partial charge in [0.05, 0.1) is 0 Å². The third-order valence-electron chi connectivity index (χ3n) is 3.29. The van der Waals surface area contributed by atoms with Crippen LogP contribution in [0.3, 0.4) is 0 Å². The van der Waals surface area contributed by atoms with Gasteiger partial charge in [-0.1, -0.05) is 26.0 Å². The Bertz CT molecular complexity index is 727. The Hall–Kier alpha value is -2.44. The number of anilines is 1. The molecule has 0 aliphatic heterocycles. The van der Waals surface area contributed by atoms with E-state index in [0.29, 0.717) is 0 Å². The van der Waals surface area contributed by atoms with Gasteiger partial charge < -0.3 is 5.32 Å². The van der Waals surface area contributed by atoms with E-state index in [1.54, 1.807) is 17.4 Å². The van der Waals surface area contributed by atoms with E-state index < -0.39 is 40.7 Å². The van der Waals surface area contributed by atoms with Gasteiger partial charge in [-0.2, -0.15) is 0 Å². The molecule has 2 aromatic rings. The molecule has 0 fully saturated rings. The van der Waals surface area contributed by atoms with Crippen molar-refractivity contribution in [3.8, 4) is 0 Å². The summed E-state index contributed by atoms with van der Waals surface area (Å²) < 4.78 is 66.1. The highest BCUT2D eigenvalue weighted by atomic mass is 19.2. The molecule has 7 heteroatoms. The second-order valence-corrected chi connectivity index (χ2v) is 5.18. The molecule has 1 N–H and O–H groups in total. The standard InChI is InChI=1S/C16H12F5NO/c1-7(2)8-3-5-9(6-4-8)16(23)22-15-13(20)11(18)10(17)12(19)14(15)21/h3-7H,1-2H3,(H,22,23). The van der Waals surface area contributed by atoms with Crippen molar-refractivity contribution in [1.29, 1.82) is 0 Å². The normalized spacial score (nSPS) is 11.0. The Morgan fingerprint density at radius 3 is 1.70 bits per heavy atom. The minimum absolute atomic E-state index is 0.0262. The van der Waals surface area contributed by atoms with Gasteiger partial charge in [-0.25, -0.2) is 22.0 Å². The second-order valence-electron chi connectivity index (χ2n) is 5.18. The molecule has 0 saturated carbocycles. The summed E-state index contributed by atoms with van der Waals surface area (Å²) in [4.78, 5) is 11.9. The van der Waals surface area contributed by atoms with Crippen molar-refractivity contribution in [1.82, 2.24) is 0 Å². The van der Waals surface area contributed by atoms with E-state index in [2.05, 4.69) is 0 Å². The fraction of sp³-hybridized carbons (Fsp3) is 0.188. The number of halogens is 5. The lowest BCUT2D eigenvalue weighted by Crippen LogP contribution is -2.17. The van der Waals surface area contributed by atoms with Gasteiger partial charge in [0.2, 0.25) is 5.82 Å². The van der Waals surface area contributed by atoms with Crippen molar-refractivity contribution in [3.63, 3.8) is 0 Å². The van der Waals surface area contributed by atoms with E-state index in [1.807, 2.05) is 13.8 Å². The summed E-state index contributed by atoms with van der Waals surface area (Å²) in [6.45, 7) is 3.87. The molecule has 122 valence electrons. The Balaban J connectivity index is 2.34. The maximum absolute atomic E-state index is 13.5. The molecule has 0 heterocycles. The average molecular weight is 329 g/mol. The van der Waals surface area contributed by atoms with Crippen molar-refractivity contribution >= 4 is 11.6 Å². The minimum atomic E-state index is -2.28. The van der Waals surface area contributed by atoms with E-state index in [-0.39, 0.29) is 11.5 Å². The summed E-state index contributed by atoms with van der Waals surface area (Å²) in [5.74, 6) is -11.5. The van der Waals surface area contributed by atoms with Crippen LogP contribution in [0.15, 0.2) is 24.3 Å². The number of hydrogen-bond acceptors (Lipinski definition) is 1. The van der Waals surface area contributed by atoms with Crippen LogP contribution < -0.4 is 5.32 Å². The largest absolute Gasteiger partial charge is 0.317 e. The predicted octanol–water partition coefficient (Wildman–Crippen LogP) is 4.76. The second kappa shape index (κ2) is 6.36. The summed E-state index contributed by atoms with van der Waals surface area (Å²) in [6.07, 6.45) is 0. The molecule has 0 unspecified atom stereocenters. The van der Waals surface area contributed by atoms with E-state index in [9.17, 15) is 26.7 Å². The van der Waals surface area contributed by atoms with E-state index in [1.165, 1.54) is 12.1 Å². The zero-order valence-electron chi connectivity index (χ0n) is 12.2. The molecule has 0 atom stereocenters. The van der Waals surface area contributed by atoms with Gasteiger partial charge in [-0.05, 0) is 23.6 Å². The molecular weight excluding hydrogens is 317 g/mol. The fourth-order valence-corrected chi connectivity index (χ4v) is 1.92. The van der Waals surface area contributed by atoms with Crippen molar-refractivity contribution in [2.45, 2.75) is 19.8 Å². The molecule has 0 radical (unpaired) electrons. The molecule has 0 saturated heterocycles.